The molecule has 0 spiro atoms. The van der Waals surface area contributed by atoms with E-state index >= 15 is 0 Å². The smallest absolute Gasteiger partial charge is 0.189 e. The predicted octanol–water partition coefficient (Wildman–Crippen LogP) is 2.70. The van der Waals surface area contributed by atoms with Crippen LogP contribution in [0, 0.1) is 5.82 Å². The predicted molar refractivity (Wildman–Crippen MR) is 74.0 cm³/mol. The lowest BCUT2D eigenvalue weighted by Gasteiger charge is -2.08. The number of tetrazole rings is 1. The molecule has 0 aliphatic heterocycles. The van der Waals surface area contributed by atoms with E-state index in [4.69, 9.17) is 17.3 Å². The van der Waals surface area contributed by atoms with Gasteiger partial charge < -0.3 is 5.73 Å². The van der Waals surface area contributed by atoms with Crippen molar-refractivity contribution in [1.29, 1.82) is 0 Å². The summed E-state index contributed by atoms with van der Waals surface area (Å²) in [5, 5.41) is 11.5. The topological polar surface area (TPSA) is 69.6 Å². The molecule has 0 unspecified atom stereocenters. The van der Waals surface area contributed by atoms with Crippen LogP contribution in [0.5, 0.6) is 0 Å². The third-order valence-electron chi connectivity index (χ3n) is 2.82. The summed E-state index contributed by atoms with van der Waals surface area (Å²) in [6, 6.07) is 11.4. The molecule has 1 heterocycles. The first kappa shape index (κ1) is 12.6. The second-order valence-electron chi connectivity index (χ2n) is 4.07. The Labute approximate surface area is 118 Å². The molecule has 3 aromatic rings. The molecular formula is C13H9ClFN5. The second kappa shape index (κ2) is 4.90. The van der Waals surface area contributed by atoms with Gasteiger partial charge in [-0.3, -0.25) is 0 Å². The van der Waals surface area contributed by atoms with Crippen molar-refractivity contribution in [1.82, 2.24) is 20.2 Å². The average molecular weight is 290 g/mol. The minimum atomic E-state index is -0.513. The van der Waals surface area contributed by atoms with Crippen molar-refractivity contribution >= 4 is 17.3 Å². The summed E-state index contributed by atoms with van der Waals surface area (Å²) >= 11 is 6.03. The lowest BCUT2D eigenvalue weighted by molar-refractivity contribution is 0.608. The molecule has 0 aliphatic carbocycles. The maximum atomic E-state index is 14.0. The van der Waals surface area contributed by atoms with Gasteiger partial charge >= 0.3 is 0 Å². The first-order valence-corrected chi connectivity index (χ1v) is 6.14. The zero-order valence-electron chi connectivity index (χ0n) is 10.2. The van der Waals surface area contributed by atoms with E-state index in [1.54, 1.807) is 30.3 Å². The van der Waals surface area contributed by atoms with E-state index in [1.807, 2.05) is 0 Å². The van der Waals surface area contributed by atoms with E-state index in [1.165, 1.54) is 16.8 Å². The Balaban J connectivity index is 2.24. The largest absolute Gasteiger partial charge is 0.398 e. The zero-order chi connectivity index (χ0) is 14.1. The van der Waals surface area contributed by atoms with Gasteiger partial charge in [0.1, 0.15) is 5.69 Å². The van der Waals surface area contributed by atoms with Gasteiger partial charge in [-0.15, -0.1) is 5.10 Å². The van der Waals surface area contributed by atoms with Gasteiger partial charge in [-0.25, -0.2) is 4.39 Å². The number of aromatic nitrogens is 4. The van der Waals surface area contributed by atoms with E-state index in [0.717, 1.165) is 0 Å². The highest BCUT2D eigenvalue weighted by molar-refractivity contribution is 6.32. The Hall–Kier alpha value is -2.47. The number of hydrogen-bond acceptors (Lipinski definition) is 4. The van der Waals surface area contributed by atoms with Crippen molar-refractivity contribution in [2.75, 3.05) is 5.73 Å². The lowest BCUT2D eigenvalue weighted by Crippen LogP contribution is -2.04. The van der Waals surface area contributed by atoms with E-state index in [-0.39, 0.29) is 10.7 Å². The van der Waals surface area contributed by atoms with Crippen LogP contribution >= 0.6 is 11.6 Å². The van der Waals surface area contributed by atoms with Crippen LogP contribution < -0.4 is 5.73 Å². The van der Waals surface area contributed by atoms with Gasteiger partial charge in [0.25, 0.3) is 0 Å². The molecule has 0 radical (unpaired) electrons. The lowest BCUT2D eigenvalue weighted by atomic mass is 10.1. The molecular weight excluding hydrogens is 281 g/mol. The minimum Gasteiger partial charge on any atom is -0.398 e. The number of halogens is 2. The van der Waals surface area contributed by atoms with Crippen molar-refractivity contribution in [2.45, 2.75) is 0 Å². The fourth-order valence-corrected chi connectivity index (χ4v) is 2.14. The number of anilines is 1. The van der Waals surface area contributed by atoms with E-state index < -0.39 is 5.82 Å². The fourth-order valence-electron chi connectivity index (χ4n) is 1.90. The Bertz CT molecular complexity index is 751. The molecule has 0 bridgehead atoms. The van der Waals surface area contributed by atoms with Gasteiger partial charge in [-0.2, -0.15) is 4.68 Å². The number of benzene rings is 2. The third kappa shape index (κ3) is 2.00. The van der Waals surface area contributed by atoms with Crippen molar-refractivity contribution in [2.24, 2.45) is 0 Å². The van der Waals surface area contributed by atoms with Gasteiger partial charge in [0.2, 0.25) is 0 Å². The number of nitrogens with two attached hydrogens (primary N) is 1. The molecule has 1 aromatic heterocycles. The number of nitrogens with zero attached hydrogens (tertiary/aromatic N) is 4. The molecule has 0 atom stereocenters. The molecule has 7 heteroatoms. The highest BCUT2D eigenvalue weighted by atomic mass is 35.5. The molecule has 0 aliphatic rings. The highest BCUT2D eigenvalue weighted by Gasteiger charge is 2.18. The van der Waals surface area contributed by atoms with Crippen LogP contribution in [0.2, 0.25) is 5.02 Å². The van der Waals surface area contributed by atoms with Crippen LogP contribution in [0.15, 0.2) is 42.5 Å². The van der Waals surface area contributed by atoms with Crippen molar-refractivity contribution in [3.8, 4) is 17.1 Å². The fraction of sp³-hybridized carbons (Fsp3) is 0. The first-order valence-electron chi connectivity index (χ1n) is 5.76. The van der Waals surface area contributed by atoms with Crippen LogP contribution in [0.3, 0.4) is 0 Å². The van der Waals surface area contributed by atoms with Crippen LogP contribution in [-0.4, -0.2) is 20.2 Å². The molecule has 2 N–H and O–H groups in total. The van der Waals surface area contributed by atoms with E-state index in [2.05, 4.69) is 15.5 Å². The summed E-state index contributed by atoms with van der Waals surface area (Å²) in [5.74, 6) is -0.185. The molecule has 5 nitrogen and oxygen atoms in total. The maximum Gasteiger partial charge on any atom is 0.189 e. The Morgan fingerprint density at radius 1 is 1.10 bits per heavy atom. The summed E-state index contributed by atoms with van der Waals surface area (Å²) in [4.78, 5) is 0. The monoisotopic (exact) mass is 289 g/mol. The summed E-state index contributed by atoms with van der Waals surface area (Å²) in [7, 11) is 0. The summed E-state index contributed by atoms with van der Waals surface area (Å²) in [6.45, 7) is 0. The molecule has 2 aromatic carbocycles. The maximum absolute atomic E-state index is 14.0. The van der Waals surface area contributed by atoms with Crippen molar-refractivity contribution in [3.05, 3.63) is 53.3 Å². The molecule has 100 valence electrons. The first-order chi connectivity index (χ1) is 9.68. The van der Waals surface area contributed by atoms with Gasteiger partial charge in [0.05, 0.1) is 5.02 Å². The van der Waals surface area contributed by atoms with Crippen molar-refractivity contribution < 1.29 is 4.39 Å². The average Bonchev–Trinajstić information content (AvgIpc) is 2.88. The van der Waals surface area contributed by atoms with Crippen molar-refractivity contribution in [3.63, 3.8) is 0 Å². The van der Waals surface area contributed by atoms with E-state index in [0.29, 0.717) is 17.1 Å². The second-order valence-corrected chi connectivity index (χ2v) is 4.48. The number of nitrogen functional groups attached to an aromatic ring is 1. The number of rotatable bonds is 2. The Morgan fingerprint density at radius 2 is 1.90 bits per heavy atom. The molecule has 20 heavy (non-hydrogen) atoms. The number of para-hydroxylation sites is 2. The third-order valence-corrected chi connectivity index (χ3v) is 3.13. The van der Waals surface area contributed by atoms with Gasteiger partial charge in [0.15, 0.2) is 11.6 Å². The highest BCUT2D eigenvalue weighted by Crippen LogP contribution is 2.29. The van der Waals surface area contributed by atoms with Crippen LogP contribution in [0.25, 0.3) is 17.1 Å². The van der Waals surface area contributed by atoms with Gasteiger partial charge in [0, 0.05) is 11.3 Å². The number of hydrogen-bond donors (Lipinski definition) is 1. The molecule has 0 fully saturated rings. The van der Waals surface area contributed by atoms with Crippen LogP contribution in [0.1, 0.15) is 0 Å². The summed E-state index contributed by atoms with van der Waals surface area (Å²) in [5.41, 5.74) is 7.10. The molecule has 3 rings (SSSR count). The van der Waals surface area contributed by atoms with E-state index in [9.17, 15) is 4.39 Å². The zero-order valence-corrected chi connectivity index (χ0v) is 10.9. The van der Waals surface area contributed by atoms with Crippen LogP contribution in [0.4, 0.5) is 10.1 Å². The standard InChI is InChI=1S/C13H9ClFN5/c14-9-5-3-6-10(15)12(9)20-13(17-18-19-20)8-4-1-2-7-11(8)16/h1-7H,16H2. The van der Waals surface area contributed by atoms with Crippen LogP contribution in [-0.2, 0) is 0 Å². The van der Waals surface area contributed by atoms with Gasteiger partial charge in [-0.1, -0.05) is 29.8 Å². The molecule has 0 amide bonds. The summed E-state index contributed by atoms with van der Waals surface area (Å²) in [6.07, 6.45) is 0. The van der Waals surface area contributed by atoms with Gasteiger partial charge in [-0.05, 0) is 34.7 Å². The minimum absolute atomic E-state index is 0.0948. The SMILES string of the molecule is Nc1ccccc1-c1nnnn1-c1c(F)cccc1Cl. The normalized spacial score (nSPS) is 10.7. The Morgan fingerprint density at radius 3 is 2.65 bits per heavy atom. The quantitative estimate of drug-likeness (QED) is 0.736. The Kier molecular flexibility index (Phi) is 3.08. The summed E-state index contributed by atoms with van der Waals surface area (Å²) < 4.78 is 15.2. The molecule has 0 saturated carbocycles. The molecule has 0 saturated heterocycles.